The molecular weight excluding hydrogens is 511 g/mol. The van der Waals surface area contributed by atoms with E-state index in [1.807, 2.05) is 0 Å². The van der Waals surface area contributed by atoms with Gasteiger partial charge in [-0.15, -0.1) is 0 Å². The molecule has 150 valence electrons. The number of hydrogen-bond donors (Lipinski definition) is 1. The zero-order chi connectivity index (χ0) is 20.6. The number of fused-ring (bicyclic) bond motifs is 1. The Morgan fingerprint density at radius 1 is 0.966 bits per heavy atom. The Kier molecular flexibility index (Phi) is 12.0. The second-order valence-electron chi connectivity index (χ2n) is 6.43. The van der Waals surface area contributed by atoms with Crippen LogP contribution >= 0.6 is 0 Å². The zero-order valence-corrected chi connectivity index (χ0v) is 24.0. The summed E-state index contributed by atoms with van der Waals surface area (Å²) < 4.78 is 38.9. The molecule has 3 aromatic carbocycles. The van der Waals surface area contributed by atoms with Crippen LogP contribution < -0.4 is 73.6 Å². The quantitative estimate of drug-likeness (QED) is 0.373. The normalized spacial score (nSPS) is 11.9. The Labute approximate surface area is 231 Å². The van der Waals surface area contributed by atoms with Crippen molar-refractivity contribution in [2.24, 2.45) is 0 Å². The molecule has 6 nitrogen and oxygen atoms in total. The fourth-order valence-electron chi connectivity index (χ4n) is 3.00. The number of rotatable bonds is 6. The molecule has 0 fully saturated rings. The summed E-state index contributed by atoms with van der Waals surface area (Å²) in [6.45, 7) is 0.700. The molecule has 0 heterocycles. The molecule has 0 bridgehead atoms. The standard InChI is InChI=1S/C21H23NO.Cs.H2O4S/c1-22(2)20(18-10-4-3-5-11-18)15-16-23-21-14-8-12-17-9-6-7-13-19(17)21;;1-5(2,3)4/h3-14,20H,15-16H2,1-2H3;;(H2,1,2,3,4)/q;+1;/p-1/t20-;;/m0../s1. The van der Waals surface area contributed by atoms with Gasteiger partial charge in [0.25, 0.3) is 0 Å². The molecule has 0 saturated heterocycles. The molecule has 0 aliphatic rings. The van der Waals surface area contributed by atoms with Gasteiger partial charge in [0.05, 0.1) is 6.61 Å². The van der Waals surface area contributed by atoms with Gasteiger partial charge in [0.15, 0.2) is 0 Å². The van der Waals surface area contributed by atoms with Crippen LogP contribution in [0.15, 0.2) is 72.8 Å². The van der Waals surface area contributed by atoms with Gasteiger partial charge >= 0.3 is 68.9 Å². The molecular formula is C21H24CsNO5S. The van der Waals surface area contributed by atoms with Crippen LogP contribution in [0.3, 0.4) is 0 Å². The number of hydrogen-bond acceptors (Lipinski definition) is 5. The second-order valence-corrected chi connectivity index (χ2v) is 7.29. The summed E-state index contributed by atoms with van der Waals surface area (Å²) >= 11 is 0. The maximum Gasteiger partial charge on any atom is 1.00 e. The Balaban J connectivity index is 0.000000628. The van der Waals surface area contributed by atoms with E-state index in [4.69, 9.17) is 22.3 Å². The van der Waals surface area contributed by atoms with Gasteiger partial charge in [-0.3, -0.25) is 4.55 Å². The van der Waals surface area contributed by atoms with Crippen LogP contribution in [-0.4, -0.2) is 43.1 Å². The van der Waals surface area contributed by atoms with E-state index in [1.54, 1.807) is 0 Å². The smallest absolute Gasteiger partial charge is 0.726 e. The van der Waals surface area contributed by atoms with Crippen LogP contribution in [0, 0.1) is 0 Å². The van der Waals surface area contributed by atoms with Gasteiger partial charge in [-0.2, -0.15) is 0 Å². The van der Waals surface area contributed by atoms with E-state index >= 15 is 0 Å². The fourth-order valence-corrected chi connectivity index (χ4v) is 3.00. The molecule has 0 radical (unpaired) electrons. The Morgan fingerprint density at radius 2 is 1.52 bits per heavy atom. The Bertz CT molecular complexity index is 967. The summed E-state index contributed by atoms with van der Waals surface area (Å²) in [5.41, 5.74) is 1.33. The molecule has 3 aromatic rings. The molecule has 0 aliphatic heterocycles. The summed E-state index contributed by atoms with van der Waals surface area (Å²) in [6.07, 6.45) is 0.959. The van der Waals surface area contributed by atoms with E-state index in [1.165, 1.54) is 16.3 Å². The number of benzene rings is 3. The van der Waals surface area contributed by atoms with Crippen molar-refractivity contribution in [3.63, 3.8) is 0 Å². The summed E-state index contributed by atoms with van der Waals surface area (Å²) in [5, 5.41) is 2.40. The first-order chi connectivity index (χ1) is 13.3. The van der Waals surface area contributed by atoms with Gasteiger partial charge in [0.2, 0.25) is 10.4 Å². The van der Waals surface area contributed by atoms with Gasteiger partial charge in [-0.05, 0) is 31.1 Å². The van der Waals surface area contributed by atoms with Crippen molar-refractivity contribution in [1.82, 2.24) is 4.90 Å². The molecule has 0 aromatic heterocycles. The average Bonchev–Trinajstić information content (AvgIpc) is 2.64. The Hall–Kier alpha value is -0.398. The average molecular weight is 535 g/mol. The SMILES string of the molecule is CN(C)[C@@H](CCOc1cccc2ccccc12)c1ccccc1.O=S(=O)([O-])O.[Cs+]. The van der Waals surface area contributed by atoms with Crippen LogP contribution in [0.2, 0.25) is 0 Å². The van der Waals surface area contributed by atoms with Crippen LogP contribution in [-0.2, 0) is 10.4 Å². The summed E-state index contributed by atoms with van der Waals surface area (Å²) in [4.78, 5) is 2.25. The van der Waals surface area contributed by atoms with Crippen LogP contribution in [0.4, 0.5) is 0 Å². The second kappa shape index (κ2) is 13.1. The molecule has 0 saturated carbocycles. The van der Waals surface area contributed by atoms with Gasteiger partial charge < -0.3 is 14.2 Å². The molecule has 1 atom stereocenters. The maximum atomic E-state index is 8.63. The fraction of sp³-hybridized carbons (Fsp3) is 0.238. The predicted molar refractivity (Wildman–Crippen MR) is 109 cm³/mol. The van der Waals surface area contributed by atoms with Crippen LogP contribution in [0.1, 0.15) is 18.0 Å². The van der Waals surface area contributed by atoms with Crippen molar-refractivity contribution in [2.75, 3.05) is 20.7 Å². The van der Waals surface area contributed by atoms with Crippen molar-refractivity contribution in [1.29, 1.82) is 0 Å². The van der Waals surface area contributed by atoms with Crippen molar-refractivity contribution in [3.05, 3.63) is 78.4 Å². The topological polar surface area (TPSA) is 89.9 Å². The van der Waals surface area contributed by atoms with E-state index in [0.717, 1.165) is 12.2 Å². The zero-order valence-electron chi connectivity index (χ0n) is 16.9. The van der Waals surface area contributed by atoms with Crippen molar-refractivity contribution >= 4 is 21.2 Å². The minimum Gasteiger partial charge on any atom is -0.726 e. The van der Waals surface area contributed by atoms with Gasteiger partial charge in [-0.1, -0.05) is 66.7 Å². The molecule has 0 amide bonds. The maximum absolute atomic E-state index is 8.63. The van der Waals surface area contributed by atoms with Gasteiger partial charge in [-0.25, -0.2) is 8.42 Å². The number of ether oxygens (including phenoxy) is 1. The first-order valence-electron chi connectivity index (χ1n) is 8.76. The molecule has 8 heteroatoms. The van der Waals surface area contributed by atoms with Gasteiger partial charge in [0, 0.05) is 17.8 Å². The van der Waals surface area contributed by atoms with Crippen molar-refractivity contribution in [2.45, 2.75) is 12.5 Å². The van der Waals surface area contributed by atoms with E-state index in [2.05, 4.69) is 91.8 Å². The van der Waals surface area contributed by atoms with E-state index in [0.29, 0.717) is 12.6 Å². The Morgan fingerprint density at radius 3 is 2.14 bits per heavy atom. The van der Waals surface area contributed by atoms with Crippen LogP contribution in [0.5, 0.6) is 5.75 Å². The minimum absolute atomic E-state index is 0. The van der Waals surface area contributed by atoms with E-state index < -0.39 is 10.4 Å². The van der Waals surface area contributed by atoms with Gasteiger partial charge in [0.1, 0.15) is 5.75 Å². The third-order valence-corrected chi connectivity index (χ3v) is 4.21. The first kappa shape index (κ1) is 26.6. The molecule has 29 heavy (non-hydrogen) atoms. The number of nitrogens with zero attached hydrogens (tertiary/aromatic N) is 1. The third-order valence-electron chi connectivity index (χ3n) is 4.21. The van der Waals surface area contributed by atoms with Crippen molar-refractivity contribution < 1.29 is 91.2 Å². The van der Waals surface area contributed by atoms with E-state index in [9.17, 15) is 0 Å². The summed E-state index contributed by atoms with van der Waals surface area (Å²) in [5.74, 6) is 0.966. The summed E-state index contributed by atoms with van der Waals surface area (Å²) in [7, 11) is -0.675. The largest absolute Gasteiger partial charge is 1.00 e. The molecule has 0 spiro atoms. The molecule has 3 rings (SSSR count). The van der Waals surface area contributed by atoms with Crippen molar-refractivity contribution in [3.8, 4) is 5.75 Å². The van der Waals surface area contributed by atoms with Crippen LogP contribution in [0.25, 0.3) is 10.8 Å². The predicted octanol–water partition coefficient (Wildman–Crippen LogP) is 0.920. The molecule has 1 N–H and O–H groups in total. The molecule has 0 aliphatic carbocycles. The summed E-state index contributed by atoms with van der Waals surface area (Å²) in [6, 6.07) is 25.6. The monoisotopic (exact) mass is 535 g/mol. The minimum atomic E-state index is -4.92. The van der Waals surface area contributed by atoms with E-state index in [-0.39, 0.29) is 68.9 Å². The first-order valence-corrected chi connectivity index (χ1v) is 10.1. The molecule has 0 unspecified atom stereocenters. The third kappa shape index (κ3) is 9.97.